The molecule has 2 heterocycles. The number of benzene rings is 2. The molecule has 0 fully saturated rings. The molecule has 110 valence electrons. The summed E-state index contributed by atoms with van der Waals surface area (Å²) in [7, 11) is 1.63. The summed E-state index contributed by atoms with van der Waals surface area (Å²) in [6.45, 7) is 0. The quantitative estimate of drug-likeness (QED) is 0.716. The van der Waals surface area contributed by atoms with Crippen LogP contribution in [0.3, 0.4) is 0 Å². The highest BCUT2D eigenvalue weighted by molar-refractivity contribution is 8.00. The molecular formula is C16H12N2O2S2. The van der Waals surface area contributed by atoms with Gasteiger partial charge < -0.3 is 9.72 Å². The Kier molecular flexibility index (Phi) is 3.09. The first kappa shape index (κ1) is 13.6. The number of H-pyrrole nitrogens is 1. The van der Waals surface area contributed by atoms with Crippen molar-refractivity contribution in [2.45, 2.75) is 10.1 Å². The minimum absolute atomic E-state index is 0.00915. The van der Waals surface area contributed by atoms with Gasteiger partial charge in [0.05, 0.1) is 18.1 Å². The van der Waals surface area contributed by atoms with E-state index in [2.05, 4.69) is 4.98 Å². The summed E-state index contributed by atoms with van der Waals surface area (Å²) in [5, 5.41) is -0.300. The van der Waals surface area contributed by atoms with E-state index >= 15 is 0 Å². The molecule has 0 bridgehead atoms. The van der Waals surface area contributed by atoms with Gasteiger partial charge in [-0.05, 0) is 23.8 Å². The number of nitrogens with one attached hydrogen (secondary N) is 1. The Morgan fingerprint density at radius 2 is 2.05 bits per heavy atom. The maximum atomic E-state index is 12.9. The zero-order valence-corrected chi connectivity index (χ0v) is 13.3. The van der Waals surface area contributed by atoms with Gasteiger partial charge in [0.1, 0.15) is 11.0 Å². The molecule has 0 aliphatic carbocycles. The van der Waals surface area contributed by atoms with E-state index in [1.807, 2.05) is 42.5 Å². The molecular weight excluding hydrogens is 316 g/mol. The van der Waals surface area contributed by atoms with Crippen LogP contribution >= 0.6 is 24.0 Å². The van der Waals surface area contributed by atoms with Crippen molar-refractivity contribution in [2.75, 3.05) is 7.11 Å². The molecule has 1 aliphatic rings. The second-order valence-corrected chi connectivity index (χ2v) is 6.57. The Morgan fingerprint density at radius 3 is 2.77 bits per heavy atom. The molecule has 1 atom stereocenters. The van der Waals surface area contributed by atoms with Gasteiger partial charge in [0.25, 0.3) is 5.91 Å². The highest BCUT2D eigenvalue weighted by atomic mass is 32.2. The monoisotopic (exact) mass is 328 g/mol. The number of thioether (sulfide) groups is 1. The van der Waals surface area contributed by atoms with Crippen LogP contribution in [0, 0.1) is 4.77 Å². The Hall–Kier alpha value is -2.05. The van der Waals surface area contributed by atoms with Gasteiger partial charge in [-0.3, -0.25) is 9.36 Å². The fourth-order valence-corrected chi connectivity index (χ4v) is 4.27. The number of hydrogen-bond donors (Lipinski definition) is 1. The zero-order valence-electron chi connectivity index (χ0n) is 11.7. The Labute approximate surface area is 136 Å². The molecule has 2 aromatic carbocycles. The second kappa shape index (κ2) is 5.00. The molecule has 0 spiro atoms. The molecule has 4 nitrogen and oxygen atoms in total. The van der Waals surface area contributed by atoms with Gasteiger partial charge in [0.15, 0.2) is 4.77 Å². The lowest BCUT2D eigenvalue weighted by molar-refractivity contribution is 0.0911. The number of nitrogens with zero attached hydrogens (tertiary/aromatic N) is 1. The Bertz CT molecular complexity index is 944. The van der Waals surface area contributed by atoms with E-state index in [-0.39, 0.29) is 11.2 Å². The van der Waals surface area contributed by atoms with Crippen molar-refractivity contribution in [1.29, 1.82) is 0 Å². The molecule has 0 saturated heterocycles. The lowest BCUT2D eigenvalue weighted by atomic mass is 10.1. The van der Waals surface area contributed by atoms with E-state index in [4.69, 9.17) is 17.0 Å². The van der Waals surface area contributed by atoms with Crippen LogP contribution in [0.1, 0.15) is 15.6 Å². The standard InChI is InChI=1S/C16H12N2O2S2/c1-20-10-7-11-13-12(8-10)22-14(9-5-3-2-4-6-9)15(19)18(13)16(21)17-11/h2-8,14H,1H3,(H,17,21). The van der Waals surface area contributed by atoms with Crippen molar-refractivity contribution in [3.63, 3.8) is 0 Å². The van der Waals surface area contributed by atoms with E-state index in [9.17, 15) is 4.79 Å². The zero-order chi connectivity index (χ0) is 15.3. The van der Waals surface area contributed by atoms with Crippen LogP contribution in [0.2, 0.25) is 0 Å². The van der Waals surface area contributed by atoms with Crippen molar-refractivity contribution in [3.05, 3.63) is 52.8 Å². The highest BCUT2D eigenvalue weighted by Gasteiger charge is 2.32. The van der Waals surface area contributed by atoms with E-state index in [0.29, 0.717) is 4.77 Å². The van der Waals surface area contributed by atoms with Gasteiger partial charge in [-0.15, -0.1) is 11.8 Å². The van der Waals surface area contributed by atoms with E-state index < -0.39 is 0 Å². The molecule has 6 heteroatoms. The third-order valence-corrected chi connectivity index (χ3v) is 5.30. The largest absolute Gasteiger partial charge is 0.497 e. The third kappa shape index (κ3) is 1.91. The molecule has 0 saturated carbocycles. The number of aromatic amines is 1. The first-order chi connectivity index (χ1) is 10.7. The van der Waals surface area contributed by atoms with Crippen LogP contribution in [0.15, 0.2) is 47.4 Å². The lowest BCUT2D eigenvalue weighted by Gasteiger charge is -2.22. The van der Waals surface area contributed by atoms with Gasteiger partial charge in [-0.1, -0.05) is 30.3 Å². The number of carbonyl (C=O) groups excluding carboxylic acids is 1. The highest BCUT2D eigenvalue weighted by Crippen LogP contribution is 2.45. The number of carbonyl (C=O) groups is 1. The number of imidazole rings is 1. The number of aromatic nitrogens is 2. The van der Waals surface area contributed by atoms with Crippen molar-refractivity contribution in [3.8, 4) is 5.75 Å². The summed E-state index contributed by atoms with van der Waals surface area (Å²) in [6.07, 6.45) is 0. The van der Waals surface area contributed by atoms with E-state index in [0.717, 1.165) is 27.2 Å². The summed E-state index contributed by atoms with van der Waals surface area (Å²) in [6, 6.07) is 13.6. The van der Waals surface area contributed by atoms with Gasteiger partial charge in [-0.25, -0.2) is 0 Å². The Balaban J connectivity index is 1.97. The molecule has 3 aromatic rings. The van der Waals surface area contributed by atoms with Crippen molar-refractivity contribution in [2.24, 2.45) is 0 Å². The molecule has 1 N–H and O–H groups in total. The minimum atomic E-state index is -0.300. The van der Waals surface area contributed by atoms with Gasteiger partial charge in [0.2, 0.25) is 0 Å². The summed E-state index contributed by atoms with van der Waals surface area (Å²) in [5.74, 6) is 0.740. The molecule has 0 radical (unpaired) electrons. The van der Waals surface area contributed by atoms with Crippen LogP contribution in [-0.4, -0.2) is 22.6 Å². The van der Waals surface area contributed by atoms with Crippen molar-refractivity contribution >= 4 is 40.9 Å². The summed E-state index contributed by atoms with van der Waals surface area (Å²) >= 11 is 6.88. The maximum Gasteiger partial charge on any atom is 0.251 e. The SMILES string of the molecule is COc1cc2c3c(c1)[nH]c(=S)n3C(=O)C(c1ccccc1)S2. The van der Waals surface area contributed by atoms with Crippen LogP contribution in [-0.2, 0) is 0 Å². The second-order valence-electron chi connectivity index (χ2n) is 5.03. The summed E-state index contributed by atoms with van der Waals surface area (Å²) in [5.41, 5.74) is 2.64. The number of methoxy groups -OCH3 is 1. The normalized spacial score (nSPS) is 17.0. The molecule has 4 rings (SSSR count). The average molecular weight is 328 g/mol. The molecule has 22 heavy (non-hydrogen) atoms. The summed E-state index contributed by atoms with van der Waals surface area (Å²) in [4.78, 5) is 17.0. The average Bonchev–Trinajstić information content (AvgIpc) is 2.88. The first-order valence-corrected chi connectivity index (χ1v) is 8.06. The van der Waals surface area contributed by atoms with Crippen molar-refractivity contribution < 1.29 is 9.53 Å². The van der Waals surface area contributed by atoms with Crippen LogP contribution in [0.25, 0.3) is 11.0 Å². The predicted molar refractivity (Wildman–Crippen MR) is 89.3 cm³/mol. The number of rotatable bonds is 2. The molecule has 1 aliphatic heterocycles. The maximum absolute atomic E-state index is 12.9. The number of ether oxygens (including phenoxy) is 1. The Morgan fingerprint density at radius 1 is 1.27 bits per heavy atom. The third-order valence-electron chi connectivity index (χ3n) is 3.74. The van der Waals surface area contributed by atoms with Gasteiger partial charge in [-0.2, -0.15) is 0 Å². The molecule has 1 aromatic heterocycles. The minimum Gasteiger partial charge on any atom is -0.497 e. The molecule has 1 unspecified atom stereocenters. The smallest absolute Gasteiger partial charge is 0.251 e. The molecule has 0 amide bonds. The van der Waals surface area contributed by atoms with Crippen LogP contribution in [0.4, 0.5) is 0 Å². The fourth-order valence-electron chi connectivity index (χ4n) is 2.73. The lowest BCUT2D eigenvalue weighted by Crippen LogP contribution is -2.21. The van der Waals surface area contributed by atoms with Crippen LogP contribution < -0.4 is 4.74 Å². The van der Waals surface area contributed by atoms with E-state index in [1.165, 1.54) is 11.8 Å². The van der Waals surface area contributed by atoms with E-state index in [1.54, 1.807) is 11.7 Å². The van der Waals surface area contributed by atoms with Crippen molar-refractivity contribution in [1.82, 2.24) is 9.55 Å². The van der Waals surface area contributed by atoms with Gasteiger partial charge >= 0.3 is 0 Å². The van der Waals surface area contributed by atoms with Gasteiger partial charge in [0, 0.05) is 11.0 Å². The van der Waals surface area contributed by atoms with Crippen LogP contribution in [0.5, 0.6) is 5.75 Å². The predicted octanol–water partition coefficient (Wildman–Crippen LogP) is 4.19. The fraction of sp³-hybridized carbons (Fsp3) is 0.125. The topological polar surface area (TPSA) is 47.0 Å². The summed E-state index contributed by atoms with van der Waals surface area (Å²) < 4.78 is 7.38. The number of hydrogen-bond acceptors (Lipinski definition) is 4. The first-order valence-electron chi connectivity index (χ1n) is 6.77.